The molecule has 0 amide bonds. The van der Waals surface area contributed by atoms with Crippen molar-refractivity contribution in [1.29, 1.82) is 0 Å². The number of hydrogen-bond donors (Lipinski definition) is 1. The highest BCUT2D eigenvalue weighted by atomic mass is 15.1. The summed E-state index contributed by atoms with van der Waals surface area (Å²) in [6, 6.07) is 0.888. The van der Waals surface area contributed by atoms with E-state index in [0.717, 1.165) is 17.9 Å². The molecule has 0 spiro atoms. The molecule has 0 radical (unpaired) electrons. The van der Waals surface area contributed by atoms with Crippen LogP contribution >= 0.6 is 0 Å². The minimum atomic E-state index is 0.888. The summed E-state index contributed by atoms with van der Waals surface area (Å²) in [6.07, 6.45) is 8.42. The van der Waals surface area contributed by atoms with Gasteiger partial charge in [-0.15, -0.1) is 0 Å². The second-order valence-electron chi connectivity index (χ2n) is 6.33. The third kappa shape index (κ3) is 4.97. The van der Waals surface area contributed by atoms with Crippen LogP contribution in [0, 0.1) is 11.8 Å². The van der Waals surface area contributed by atoms with Gasteiger partial charge in [0, 0.05) is 12.6 Å². The Hall–Kier alpha value is -0.0800. The summed E-state index contributed by atoms with van der Waals surface area (Å²) in [5, 5.41) is 3.59. The van der Waals surface area contributed by atoms with E-state index in [-0.39, 0.29) is 0 Å². The lowest BCUT2D eigenvalue weighted by Crippen LogP contribution is -2.38. The van der Waals surface area contributed by atoms with E-state index in [2.05, 4.69) is 24.1 Å². The van der Waals surface area contributed by atoms with Crippen LogP contribution in [-0.4, -0.2) is 37.1 Å². The molecular formula is C15H30N2. The molecule has 1 aliphatic heterocycles. The molecule has 2 nitrogen and oxygen atoms in total. The number of hydrogen-bond acceptors (Lipinski definition) is 2. The fourth-order valence-electron chi connectivity index (χ4n) is 2.78. The number of nitrogens with zero attached hydrogens (tertiary/aromatic N) is 1. The molecule has 2 unspecified atom stereocenters. The molecule has 1 aliphatic carbocycles. The number of likely N-dealkylation sites (tertiary alicyclic amines) is 1. The molecule has 0 bridgehead atoms. The van der Waals surface area contributed by atoms with Crippen molar-refractivity contribution in [2.45, 2.75) is 58.4 Å². The predicted octanol–water partition coefficient (Wildman–Crippen LogP) is 2.89. The van der Waals surface area contributed by atoms with Crippen molar-refractivity contribution in [3.63, 3.8) is 0 Å². The molecular weight excluding hydrogens is 208 g/mol. The van der Waals surface area contributed by atoms with Crippen molar-refractivity contribution >= 4 is 0 Å². The fourth-order valence-corrected chi connectivity index (χ4v) is 2.78. The first-order valence-electron chi connectivity index (χ1n) is 7.71. The maximum atomic E-state index is 3.59. The Balaban J connectivity index is 1.44. The quantitative estimate of drug-likeness (QED) is 0.686. The Morgan fingerprint density at radius 1 is 1.00 bits per heavy atom. The summed E-state index contributed by atoms with van der Waals surface area (Å²) in [7, 11) is 0. The minimum absolute atomic E-state index is 0.888. The van der Waals surface area contributed by atoms with Crippen LogP contribution in [0.4, 0.5) is 0 Å². The zero-order valence-electron chi connectivity index (χ0n) is 11.8. The molecule has 2 atom stereocenters. The Bertz CT molecular complexity index is 213. The van der Waals surface area contributed by atoms with Gasteiger partial charge in [-0.05, 0) is 63.6 Å². The van der Waals surface area contributed by atoms with E-state index in [1.807, 2.05) is 0 Å². The van der Waals surface area contributed by atoms with Crippen molar-refractivity contribution in [3.8, 4) is 0 Å². The first-order valence-corrected chi connectivity index (χ1v) is 7.71. The second kappa shape index (κ2) is 6.75. The van der Waals surface area contributed by atoms with Gasteiger partial charge >= 0.3 is 0 Å². The molecule has 2 rings (SSSR count). The van der Waals surface area contributed by atoms with E-state index in [4.69, 9.17) is 0 Å². The molecule has 0 aromatic rings. The van der Waals surface area contributed by atoms with Crippen LogP contribution in [0.2, 0.25) is 0 Å². The third-order valence-electron chi connectivity index (χ3n) is 4.58. The van der Waals surface area contributed by atoms with E-state index >= 15 is 0 Å². The Kier molecular flexibility index (Phi) is 5.30. The minimum Gasteiger partial charge on any atom is -0.314 e. The summed E-state index contributed by atoms with van der Waals surface area (Å²) in [6.45, 7) is 10.1. The largest absolute Gasteiger partial charge is 0.314 e. The first kappa shape index (κ1) is 13.4. The Morgan fingerprint density at radius 2 is 1.82 bits per heavy atom. The van der Waals surface area contributed by atoms with Gasteiger partial charge in [-0.3, -0.25) is 0 Å². The van der Waals surface area contributed by atoms with Crippen molar-refractivity contribution in [2.24, 2.45) is 11.8 Å². The maximum absolute atomic E-state index is 3.59. The molecule has 2 aliphatic rings. The van der Waals surface area contributed by atoms with Crippen LogP contribution in [0.3, 0.4) is 0 Å². The number of unbranched alkanes of at least 4 members (excludes halogenated alkanes) is 2. The van der Waals surface area contributed by atoms with Gasteiger partial charge in [0.05, 0.1) is 0 Å². The van der Waals surface area contributed by atoms with Crippen molar-refractivity contribution in [3.05, 3.63) is 0 Å². The highest BCUT2D eigenvalue weighted by Crippen LogP contribution is 2.22. The Labute approximate surface area is 107 Å². The van der Waals surface area contributed by atoms with Crippen LogP contribution in [-0.2, 0) is 0 Å². The van der Waals surface area contributed by atoms with Gasteiger partial charge in [-0.1, -0.05) is 20.3 Å². The van der Waals surface area contributed by atoms with Gasteiger partial charge in [0.15, 0.2) is 0 Å². The summed E-state index contributed by atoms with van der Waals surface area (Å²) in [5.41, 5.74) is 0. The molecule has 0 aromatic carbocycles. The summed E-state index contributed by atoms with van der Waals surface area (Å²) in [5.74, 6) is 1.84. The van der Waals surface area contributed by atoms with Gasteiger partial charge in [0.25, 0.3) is 0 Å². The van der Waals surface area contributed by atoms with Crippen LogP contribution in [0.25, 0.3) is 0 Å². The summed E-state index contributed by atoms with van der Waals surface area (Å²) in [4.78, 5) is 2.68. The first-order chi connectivity index (χ1) is 8.25. The van der Waals surface area contributed by atoms with Crippen molar-refractivity contribution < 1.29 is 0 Å². The van der Waals surface area contributed by atoms with Gasteiger partial charge in [0.1, 0.15) is 0 Å². The molecule has 1 heterocycles. The van der Waals surface area contributed by atoms with Crippen molar-refractivity contribution in [1.82, 2.24) is 10.2 Å². The predicted molar refractivity (Wildman–Crippen MR) is 74.3 cm³/mol. The van der Waals surface area contributed by atoms with E-state index in [1.54, 1.807) is 0 Å². The second-order valence-corrected chi connectivity index (χ2v) is 6.33. The zero-order valence-corrected chi connectivity index (χ0v) is 11.8. The normalized spacial score (nSPS) is 30.7. The van der Waals surface area contributed by atoms with Gasteiger partial charge < -0.3 is 10.2 Å². The monoisotopic (exact) mass is 238 g/mol. The molecule has 1 N–H and O–H groups in total. The van der Waals surface area contributed by atoms with Gasteiger partial charge in [-0.2, -0.15) is 0 Å². The van der Waals surface area contributed by atoms with E-state index in [9.17, 15) is 0 Å². The highest BCUT2D eigenvalue weighted by molar-refractivity contribution is 4.80. The van der Waals surface area contributed by atoms with Crippen LogP contribution in [0.15, 0.2) is 0 Å². The smallest absolute Gasteiger partial charge is 0.00682 e. The molecule has 2 fully saturated rings. The average Bonchev–Trinajstić information content (AvgIpc) is 3.12. The van der Waals surface area contributed by atoms with E-state index in [1.165, 1.54) is 64.7 Å². The van der Waals surface area contributed by atoms with E-state index in [0.29, 0.717) is 0 Å². The molecule has 100 valence electrons. The summed E-state index contributed by atoms with van der Waals surface area (Å²) < 4.78 is 0. The molecule has 1 saturated carbocycles. The number of nitrogens with one attached hydrogen (secondary N) is 1. The van der Waals surface area contributed by atoms with Crippen LogP contribution in [0.1, 0.15) is 52.4 Å². The standard InChI is InChI=1S/C15H30N2/c1-13-8-11-17(12-14(13)2)10-5-3-4-9-16-15-6-7-15/h13-16H,3-12H2,1-2H3. The Morgan fingerprint density at radius 3 is 2.53 bits per heavy atom. The highest BCUT2D eigenvalue weighted by Gasteiger charge is 2.22. The lowest BCUT2D eigenvalue weighted by molar-refractivity contribution is 0.136. The zero-order chi connectivity index (χ0) is 12.1. The molecule has 0 aromatic heterocycles. The maximum Gasteiger partial charge on any atom is 0.00682 e. The average molecular weight is 238 g/mol. The molecule has 17 heavy (non-hydrogen) atoms. The van der Waals surface area contributed by atoms with E-state index < -0.39 is 0 Å². The fraction of sp³-hybridized carbons (Fsp3) is 1.00. The number of rotatable bonds is 7. The molecule has 1 saturated heterocycles. The van der Waals surface area contributed by atoms with Crippen LogP contribution in [0.5, 0.6) is 0 Å². The lowest BCUT2D eigenvalue weighted by atomic mass is 9.88. The van der Waals surface area contributed by atoms with Gasteiger partial charge in [-0.25, -0.2) is 0 Å². The number of piperidine rings is 1. The van der Waals surface area contributed by atoms with Crippen LogP contribution < -0.4 is 5.32 Å². The topological polar surface area (TPSA) is 15.3 Å². The SMILES string of the molecule is CC1CCN(CCCCCNC2CC2)CC1C. The molecule has 2 heteroatoms. The third-order valence-corrected chi connectivity index (χ3v) is 4.58. The lowest BCUT2D eigenvalue weighted by Gasteiger charge is -2.35. The van der Waals surface area contributed by atoms with Crippen molar-refractivity contribution in [2.75, 3.05) is 26.2 Å². The van der Waals surface area contributed by atoms with Gasteiger partial charge in [0.2, 0.25) is 0 Å². The summed E-state index contributed by atoms with van der Waals surface area (Å²) >= 11 is 0.